The van der Waals surface area contributed by atoms with E-state index in [-0.39, 0.29) is 17.9 Å². The zero-order valence-electron chi connectivity index (χ0n) is 18.5. The maximum atomic E-state index is 13.1. The van der Waals surface area contributed by atoms with Crippen LogP contribution in [0.3, 0.4) is 0 Å². The third-order valence-electron chi connectivity index (χ3n) is 5.29. The zero-order valence-corrected chi connectivity index (χ0v) is 20.9. The van der Waals surface area contributed by atoms with Crippen LogP contribution in [0.2, 0.25) is 0 Å². The number of thiazole rings is 1. The van der Waals surface area contributed by atoms with Gasteiger partial charge in [-0.2, -0.15) is 9.78 Å². The molecule has 5 rings (SSSR count). The van der Waals surface area contributed by atoms with Gasteiger partial charge in [0.25, 0.3) is 5.56 Å². The quantitative estimate of drug-likeness (QED) is 0.256. The molecule has 2 aromatic heterocycles. The van der Waals surface area contributed by atoms with Gasteiger partial charge in [0.05, 0.1) is 29.4 Å². The van der Waals surface area contributed by atoms with E-state index in [1.165, 1.54) is 16.0 Å². The molecule has 0 unspecified atom stereocenters. The van der Waals surface area contributed by atoms with Gasteiger partial charge in [0.2, 0.25) is 0 Å². The molecule has 0 saturated heterocycles. The third-order valence-corrected chi connectivity index (χ3v) is 6.71. The maximum absolute atomic E-state index is 13.1. The van der Waals surface area contributed by atoms with Crippen LogP contribution >= 0.6 is 27.3 Å². The van der Waals surface area contributed by atoms with Crippen LogP contribution in [-0.4, -0.2) is 27.8 Å². The minimum atomic E-state index is -0.638. The molecule has 3 aromatic carbocycles. The molecule has 7 nitrogen and oxygen atoms in total. The van der Waals surface area contributed by atoms with Crippen molar-refractivity contribution in [1.82, 2.24) is 14.8 Å². The van der Waals surface area contributed by atoms with Crippen LogP contribution in [0.25, 0.3) is 27.0 Å². The molecule has 0 amide bonds. The minimum absolute atomic E-state index is 0.0356. The average Bonchev–Trinajstić information content (AvgIpc) is 3.37. The Labute approximate surface area is 212 Å². The van der Waals surface area contributed by atoms with Crippen molar-refractivity contribution in [3.8, 4) is 22.0 Å². The highest BCUT2D eigenvalue weighted by Gasteiger charge is 2.19. The number of esters is 1. The summed E-state index contributed by atoms with van der Waals surface area (Å²) in [4.78, 5) is 30.7. The number of carbonyl (C=O) groups is 1. The normalized spacial score (nSPS) is 10.9. The number of hydrogen-bond donors (Lipinski definition) is 0. The van der Waals surface area contributed by atoms with E-state index in [1.54, 1.807) is 55.6 Å². The van der Waals surface area contributed by atoms with Gasteiger partial charge in [-0.3, -0.25) is 4.79 Å². The molecule has 2 heterocycles. The first-order valence-electron chi connectivity index (χ1n) is 10.6. The van der Waals surface area contributed by atoms with E-state index in [2.05, 4.69) is 26.0 Å². The Morgan fingerprint density at radius 2 is 1.77 bits per heavy atom. The Morgan fingerprint density at radius 1 is 1.03 bits per heavy atom. The van der Waals surface area contributed by atoms with Crippen molar-refractivity contribution >= 4 is 44.0 Å². The van der Waals surface area contributed by atoms with E-state index in [9.17, 15) is 9.59 Å². The molecule has 0 saturated carbocycles. The molecule has 174 valence electrons. The molecule has 0 bridgehead atoms. The van der Waals surface area contributed by atoms with Gasteiger partial charge in [-0.1, -0.05) is 52.3 Å². The number of fused-ring (bicyclic) bond motifs is 1. The molecule has 0 spiro atoms. The highest BCUT2D eigenvalue weighted by Crippen LogP contribution is 2.34. The zero-order chi connectivity index (χ0) is 24.4. The molecule has 0 fully saturated rings. The van der Waals surface area contributed by atoms with Crippen LogP contribution in [0.1, 0.15) is 16.2 Å². The number of aromatic nitrogens is 3. The fourth-order valence-corrected chi connectivity index (χ4v) is 4.82. The number of para-hydroxylation sites is 1. The number of benzene rings is 3. The predicted molar refractivity (Wildman–Crippen MR) is 138 cm³/mol. The Bertz CT molecular complexity index is 1600. The van der Waals surface area contributed by atoms with Crippen molar-refractivity contribution in [3.63, 3.8) is 0 Å². The summed E-state index contributed by atoms with van der Waals surface area (Å²) in [6, 6.07) is 21.5. The summed E-state index contributed by atoms with van der Waals surface area (Å²) >= 11 is 4.90. The summed E-state index contributed by atoms with van der Waals surface area (Å²) in [5, 5.41) is 7.76. The van der Waals surface area contributed by atoms with Crippen LogP contribution in [-0.2, 0) is 11.3 Å². The first-order valence-corrected chi connectivity index (χ1v) is 12.3. The molecule has 0 atom stereocenters. The van der Waals surface area contributed by atoms with Crippen LogP contribution in [0.5, 0.6) is 5.75 Å². The van der Waals surface area contributed by atoms with Crippen LogP contribution < -0.4 is 10.3 Å². The van der Waals surface area contributed by atoms with Gasteiger partial charge in [0.1, 0.15) is 17.4 Å². The molecule has 9 heteroatoms. The second kappa shape index (κ2) is 9.81. The molecule has 0 aliphatic heterocycles. The van der Waals surface area contributed by atoms with Gasteiger partial charge >= 0.3 is 5.97 Å². The van der Waals surface area contributed by atoms with E-state index in [0.717, 1.165) is 15.0 Å². The number of hydrogen-bond acceptors (Lipinski definition) is 7. The summed E-state index contributed by atoms with van der Waals surface area (Å²) in [6.07, 6.45) is 0. The summed E-state index contributed by atoms with van der Waals surface area (Å²) in [5.41, 5.74) is 1.75. The van der Waals surface area contributed by atoms with Gasteiger partial charge in [0.15, 0.2) is 5.69 Å². The Hall–Kier alpha value is -3.82. The predicted octanol–water partition coefficient (Wildman–Crippen LogP) is 5.64. The fourth-order valence-electron chi connectivity index (χ4n) is 3.64. The smallest absolute Gasteiger partial charge is 0.359 e. The number of methoxy groups -OCH3 is 1. The van der Waals surface area contributed by atoms with Gasteiger partial charge < -0.3 is 9.47 Å². The van der Waals surface area contributed by atoms with Crippen molar-refractivity contribution in [2.24, 2.45) is 0 Å². The first kappa shape index (κ1) is 22.9. The maximum Gasteiger partial charge on any atom is 0.359 e. The third kappa shape index (κ3) is 4.60. The monoisotopic (exact) mass is 547 g/mol. The minimum Gasteiger partial charge on any atom is -0.496 e. The molecule has 0 aliphatic rings. The van der Waals surface area contributed by atoms with Crippen molar-refractivity contribution in [2.45, 2.75) is 6.61 Å². The average molecular weight is 548 g/mol. The van der Waals surface area contributed by atoms with Crippen LogP contribution in [0.15, 0.2) is 87.4 Å². The molecule has 35 heavy (non-hydrogen) atoms. The van der Waals surface area contributed by atoms with E-state index in [1.807, 2.05) is 29.6 Å². The number of halogens is 1. The molecular formula is C26H18BrN3O4S. The SMILES string of the molecule is COc1ccc(Br)cc1-c1nc(COC(=O)c2nn(-c3ccccc3)c(=O)c3ccccc23)cs1. The number of carbonyl (C=O) groups excluding carboxylic acids is 1. The molecule has 0 N–H and O–H groups in total. The van der Waals surface area contributed by atoms with Gasteiger partial charge in [0, 0.05) is 15.2 Å². The fraction of sp³-hybridized carbons (Fsp3) is 0.0769. The molecular weight excluding hydrogens is 530 g/mol. The standard InChI is InChI=1S/C26H18BrN3O4S/c1-33-22-12-11-16(27)13-21(22)24-28-17(15-35-24)14-34-26(32)23-19-9-5-6-10-20(19)25(31)30(29-23)18-7-3-2-4-8-18/h2-13,15H,14H2,1H3. The number of nitrogens with zero attached hydrogens (tertiary/aromatic N) is 3. The number of rotatable bonds is 6. The second-order valence-corrected chi connectivity index (χ2v) is 9.29. The largest absolute Gasteiger partial charge is 0.496 e. The topological polar surface area (TPSA) is 83.3 Å². The lowest BCUT2D eigenvalue weighted by Crippen LogP contribution is -2.25. The molecule has 0 aliphatic carbocycles. The summed E-state index contributed by atoms with van der Waals surface area (Å²) in [7, 11) is 1.61. The van der Waals surface area contributed by atoms with Crippen molar-refractivity contribution in [3.05, 3.63) is 104 Å². The Kier molecular flexibility index (Phi) is 6.43. The summed E-state index contributed by atoms with van der Waals surface area (Å²) < 4.78 is 13.1. The van der Waals surface area contributed by atoms with Crippen molar-refractivity contribution in [2.75, 3.05) is 7.11 Å². The van der Waals surface area contributed by atoms with Gasteiger partial charge in [-0.15, -0.1) is 11.3 Å². The Balaban J connectivity index is 1.44. The lowest BCUT2D eigenvalue weighted by atomic mass is 10.1. The summed E-state index contributed by atoms with van der Waals surface area (Å²) in [5.74, 6) is 0.0606. The lowest BCUT2D eigenvalue weighted by molar-refractivity contribution is 0.0462. The van der Waals surface area contributed by atoms with Gasteiger partial charge in [-0.05, 0) is 36.4 Å². The molecule has 0 radical (unpaired) electrons. The van der Waals surface area contributed by atoms with Crippen molar-refractivity contribution < 1.29 is 14.3 Å². The Morgan fingerprint density at radius 3 is 2.54 bits per heavy atom. The van der Waals surface area contributed by atoms with Gasteiger partial charge in [-0.25, -0.2) is 9.78 Å². The van der Waals surface area contributed by atoms with E-state index < -0.39 is 5.97 Å². The van der Waals surface area contributed by atoms with Crippen LogP contribution in [0, 0.1) is 0 Å². The lowest BCUT2D eigenvalue weighted by Gasteiger charge is -2.10. The highest BCUT2D eigenvalue weighted by atomic mass is 79.9. The van der Waals surface area contributed by atoms with E-state index in [0.29, 0.717) is 27.9 Å². The number of ether oxygens (including phenoxy) is 2. The van der Waals surface area contributed by atoms with E-state index in [4.69, 9.17) is 9.47 Å². The molecule has 5 aromatic rings. The summed E-state index contributed by atoms with van der Waals surface area (Å²) in [6.45, 7) is -0.0356. The first-order chi connectivity index (χ1) is 17.0. The van der Waals surface area contributed by atoms with Crippen LogP contribution in [0.4, 0.5) is 0 Å². The second-order valence-electron chi connectivity index (χ2n) is 7.51. The van der Waals surface area contributed by atoms with Crippen molar-refractivity contribution in [1.29, 1.82) is 0 Å². The van der Waals surface area contributed by atoms with E-state index >= 15 is 0 Å². The highest BCUT2D eigenvalue weighted by molar-refractivity contribution is 9.10.